The molecule has 0 aliphatic carbocycles. The summed E-state index contributed by atoms with van der Waals surface area (Å²) in [6.45, 7) is 13.7. The second-order valence-electron chi connectivity index (χ2n) is 7.96. The van der Waals surface area contributed by atoms with Gasteiger partial charge in [-0.25, -0.2) is 9.78 Å². The summed E-state index contributed by atoms with van der Waals surface area (Å²) < 4.78 is 14.0. The molecule has 136 valence electrons. The molecule has 0 aromatic carbocycles. The van der Waals surface area contributed by atoms with E-state index in [-0.39, 0.29) is 28.4 Å². The maximum absolute atomic E-state index is 12.1. The van der Waals surface area contributed by atoms with Gasteiger partial charge in [0.1, 0.15) is 6.33 Å². The Balaban J connectivity index is 2.17. The van der Waals surface area contributed by atoms with E-state index in [0.717, 1.165) is 6.42 Å². The molecular weight excluding hydrogens is 360 g/mol. The molecule has 2 heterocycles. The van der Waals surface area contributed by atoms with E-state index in [9.17, 15) is 4.79 Å². The average molecular weight is 389 g/mol. The van der Waals surface area contributed by atoms with Crippen LogP contribution in [-0.4, -0.2) is 49.1 Å². The molecule has 7 nitrogen and oxygen atoms in total. The van der Waals surface area contributed by atoms with Crippen molar-refractivity contribution in [1.82, 2.24) is 14.5 Å². The fourth-order valence-electron chi connectivity index (χ4n) is 2.48. The Morgan fingerprint density at radius 2 is 1.96 bits per heavy atom. The summed E-state index contributed by atoms with van der Waals surface area (Å²) in [4.78, 5) is 19.8. The van der Waals surface area contributed by atoms with Gasteiger partial charge in [0.2, 0.25) is 5.95 Å². The molecule has 0 radical (unpaired) electrons. The highest BCUT2D eigenvalue weighted by Crippen LogP contribution is 2.43. The molecule has 1 aliphatic heterocycles. The van der Waals surface area contributed by atoms with Gasteiger partial charge in [0.15, 0.2) is 16.6 Å². The quantitative estimate of drug-likeness (QED) is 0.747. The SMILES string of the molecule is C[Si](C)(C)OC[C@H]1S[C@@H](n2cnc(N)nc2=O)CC1O[Si](C)(C)C. The number of anilines is 1. The van der Waals surface area contributed by atoms with Gasteiger partial charge >= 0.3 is 5.69 Å². The van der Waals surface area contributed by atoms with Crippen molar-refractivity contribution < 1.29 is 8.85 Å². The van der Waals surface area contributed by atoms with Crippen LogP contribution in [0.5, 0.6) is 0 Å². The Morgan fingerprint density at radius 1 is 1.29 bits per heavy atom. The van der Waals surface area contributed by atoms with Gasteiger partial charge in [-0.3, -0.25) is 4.57 Å². The fraction of sp³-hybridized carbons (Fsp3) is 0.786. The normalized spacial score (nSPS) is 25.2. The van der Waals surface area contributed by atoms with Crippen molar-refractivity contribution in [2.45, 2.75) is 62.4 Å². The molecule has 24 heavy (non-hydrogen) atoms. The molecule has 0 saturated carbocycles. The van der Waals surface area contributed by atoms with E-state index in [0.29, 0.717) is 6.61 Å². The standard InChI is InChI=1S/C14H28N4O3SSi2/c1-23(2,3)20-8-11-10(21-24(4,5)6)7-12(22-11)18-9-16-13(15)17-14(18)19/h9-12H,7-8H2,1-6H3,(H2,15,17,19)/t10?,11-,12-/m1/s1. The van der Waals surface area contributed by atoms with E-state index in [1.54, 1.807) is 16.3 Å². The van der Waals surface area contributed by atoms with Crippen LogP contribution in [0.15, 0.2) is 11.1 Å². The largest absolute Gasteiger partial charge is 0.416 e. The van der Waals surface area contributed by atoms with Crippen LogP contribution >= 0.6 is 11.8 Å². The highest BCUT2D eigenvalue weighted by molar-refractivity contribution is 8.00. The van der Waals surface area contributed by atoms with Gasteiger partial charge < -0.3 is 14.6 Å². The summed E-state index contributed by atoms with van der Waals surface area (Å²) in [6.07, 6.45) is 2.31. The number of rotatable bonds is 6. The fourth-order valence-corrected chi connectivity index (χ4v) is 6.02. The third kappa shape index (κ3) is 5.69. The van der Waals surface area contributed by atoms with Crippen molar-refractivity contribution in [3.63, 3.8) is 0 Å². The molecule has 2 rings (SSSR count). The van der Waals surface area contributed by atoms with Gasteiger partial charge in [0.25, 0.3) is 0 Å². The van der Waals surface area contributed by atoms with Crippen molar-refractivity contribution in [1.29, 1.82) is 0 Å². The summed E-state index contributed by atoms with van der Waals surface area (Å²) >= 11 is 1.71. The molecule has 3 atom stereocenters. The summed E-state index contributed by atoms with van der Waals surface area (Å²) in [5, 5.41) is 0.160. The monoisotopic (exact) mass is 388 g/mol. The molecule has 1 aromatic rings. The molecule has 10 heteroatoms. The zero-order valence-electron chi connectivity index (χ0n) is 15.3. The van der Waals surface area contributed by atoms with Crippen LogP contribution in [0.3, 0.4) is 0 Å². The highest BCUT2D eigenvalue weighted by Gasteiger charge is 2.40. The molecule has 0 bridgehead atoms. The van der Waals surface area contributed by atoms with Crippen molar-refractivity contribution in [3.8, 4) is 0 Å². The molecule has 2 N–H and O–H groups in total. The lowest BCUT2D eigenvalue weighted by Crippen LogP contribution is -2.39. The Hall–Kier alpha value is -0.686. The smallest absolute Gasteiger partial charge is 0.353 e. The van der Waals surface area contributed by atoms with Gasteiger partial charge in [0.05, 0.1) is 16.7 Å². The number of hydrogen-bond acceptors (Lipinski definition) is 7. The Kier molecular flexibility index (Phi) is 5.96. The maximum atomic E-state index is 12.1. The number of hydrogen-bond donors (Lipinski definition) is 1. The van der Waals surface area contributed by atoms with Gasteiger partial charge in [-0.1, -0.05) is 0 Å². The van der Waals surface area contributed by atoms with Crippen molar-refractivity contribution in [2.24, 2.45) is 0 Å². The molecule has 1 fully saturated rings. The zero-order valence-corrected chi connectivity index (χ0v) is 18.1. The van der Waals surface area contributed by atoms with Gasteiger partial charge in [-0.15, -0.1) is 11.8 Å². The number of nitrogens with zero attached hydrogens (tertiary/aromatic N) is 3. The first kappa shape index (κ1) is 19.6. The lowest BCUT2D eigenvalue weighted by atomic mass is 10.2. The first-order chi connectivity index (χ1) is 10.9. The van der Waals surface area contributed by atoms with Crippen molar-refractivity contribution in [3.05, 3.63) is 16.8 Å². The Morgan fingerprint density at radius 3 is 2.50 bits per heavy atom. The van der Waals surface area contributed by atoms with Crippen molar-refractivity contribution in [2.75, 3.05) is 12.3 Å². The van der Waals surface area contributed by atoms with Crippen LogP contribution in [0.4, 0.5) is 5.95 Å². The molecule has 1 unspecified atom stereocenters. The highest BCUT2D eigenvalue weighted by atomic mass is 32.2. The Bertz CT molecular complexity index is 630. The van der Waals surface area contributed by atoms with Crippen LogP contribution in [0.25, 0.3) is 0 Å². The minimum Gasteiger partial charge on any atom is -0.416 e. The first-order valence-corrected chi connectivity index (χ1v) is 15.9. The first-order valence-electron chi connectivity index (χ1n) is 8.12. The summed E-state index contributed by atoms with van der Waals surface area (Å²) in [6, 6.07) is 0. The molecule has 0 amide bonds. The minimum atomic E-state index is -1.69. The third-order valence-electron chi connectivity index (χ3n) is 3.42. The Labute approximate surface area is 149 Å². The number of nitrogens with two attached hydrogens (primary N) is 1. The van der Waals surface area contributed by atoms with Crippen LogP contribution in [0, 0.1) is 0 Å². The zero-order chi connectivity index (χ0) is 18.1. The van der Waals surface area contributed by atoms with Crippen LogP contribution in [0.1, 0.15) is 11.8 Å². The van der Waals surface area contributed by atoms with Gasteiger partial charge in [-0.2, -0.15) is 4.98 Å². The van der Waals surface area contributed by atoms with E-state index >= 15 is 0 Å². The van der Waals surface area contributed by atoms with Gasteiger partial charge in [0, 0.05) is 13.0 Å². The van der Waals surface area contributed by atoms with E-state index in [1.165, 1.54) is 6.33 Å². The molecule has 1 aromatic heterocycles. The topological polar surface area (TPSA) is 92.3 Å². The van der Waals surface area contributed by atoms with Crippen LogP contribution in [-0.2, 0) is 8.85 Å². The van der Waals surface area contributed by atoms with Crippen molar-refractivity contribution >= 4 is 34.3 Å². The van der Waals surface area contributed by atoms with E-state index < -0.39 is 16.6 Å². The third-order valence-corrected chi connectivity index (χ3v) is 6.99. The molecule has 0 spiro atoms. The average Bonchev–Trinajstić information content (AvgIpc) is 2.76. The second-order valence-corrected chi connectivity index (χ2v) is 18.4. The van der Waals surface area contributed by atoms with Gasteiger partial charge in [-0.05, 0) is 39.3 Å². The number of thioether (sulfide) groups is 1. The van der Waals surface area contributed by atoms with Crippen LogP contribution < -0.4 is 11.4 Å². The summed E-state index contributed by atoms with van der Waals surface area (Å²) in [5.41, 5.74) is 5.12. The predicted molar refractivity (Wildman–Crippen MR) is 103 cm³/mol. The molecule has 1 aliphatic rings. The molecule has 1 saturated heterocycles. The minimum absolute atomic E-state index is 0.00719. The van der Waals surface area contributed by atoms with E-state index in [1.807, 2.05) is 0 Å². The van der Waals surface area contributed by atoms with E-state index in [4.69, 9.17) is 14.6 Å². The molecular formula is C14H28N4O3SSi2. The number of aromatic nitrogens is 3. The van der Waals surface area contributed by atoms with E-state index in [2.05, 4.69) is 49.3 Å². The lowest BCUT2D eigenvalue weighted by molar-refractivity contribution is 0.157. The maximum Gasteiger partial charge on any atom is 0.353 e. The second kappa shape index (κ2) is 7.28. The van der Waals surface area contributed by atoms with Crippen LogP contribution in [0.2, 0.25) is 39.3 Å². The summed E-state index contributed by atoms with van der Waals surface area (Å²) in [7, 11) is -3.29. The number of nitrogen functional groups attached to an aromatic ring is 1. The lowest BCUT2D eigenvalue weighted by Gasteiger charge is -2.28. The predicted octanol–water partition coefficient (Wildman–Crippen LogP) is 2.30. The summed E-state index contributed by atoms with van der Waals surface area (Å²) in [5.74, 6) is 0.00719.